The highest BCUT2D eigenvalue weighted by Gasteiger charge is 2.07. The molecule has 2 aromatic rings. The molecule has 0 radical (unpaired) electrons. The Hall–Kier alpha value is -3.26. The Labute approximate surface area is 134 Å². The topological polar surface area (TPSA) is 82.4 Å². The Morgan fingerprint density at radius 3 is 2.57 bits per heavy atom. The van der Waals surface area contributed by atoms with Crippen molar-refractivity contribution in [1.29, 1.82) is 5.26 Å². The van der Waals surface area contributed by atoms with Crippen LogP contribution in [0.15, 0.2) is 54.1 Å². The van der Waals surface area contributed by atoms with E-state index in [1.165, 1.54) is 13.2 Å². The number of carbonyl (C=O) groups is 1. The van der Waals surface area contributed by atoms with Crippen molar-refractivity contribution >= 4 is 12.0 Å². The number of nitrogens with zero attached hydrogens (tertiary/aromatic N) is 1. The molecule has 0 aliphatic heterocycles. The number of benzene rings is 2. The summed E-state index contributed by atoms with van der Waals surface area (Å²) in [5, 5.41) is 19.6. The number of carboxylic acid groups (broad SMARTS) is 1. The molecule has 0 bridgehead atoms. The van der Waals surface area contributed by atoms with E-state index in [4.69, 9.17) is 14.7 Å². The highest BCUT2D eigenvalue weighted by Crippen LogP contribution is 2.29. The Kier molecular flexibility index (Phi) is 5.37. The SMILES string of the molecule is COc1ccc(/C=C(\C#N)C(=O)[O-])cc1OCc1ccccc1. The zero-order chi connectivity index (χ0) is 16.7. The number of aliphatic carboxylic acids is 1. The van der Waals surface area contributed by atoms with Gasteiger partial charge in [-0.2, -0.15) is 5.26 Å². The van der Waals surface area contributed by atoms with Gasteiger partial charge in [-0.3, -0.25) is 0 Å². The summed E-state index contributed by atoms with van der Waals surface area (Å²) < 4.78 is 11.0. The molecule has 0 aliphatic rings. The number of nitriles is 1. The third-order valence-electron chi connectivity index (χ3n) is 3.08. The van der Waals surface area contributed by atoms with Crippen molar-refractivity contribution in [1.82, 2.24) is 0 Å². The minimum atomic E-state index is -1.52. The smallest absolute Gasteiger partial charge is 0.162 e. The van der Waals surface area contributed by atoms with Gasteiger partial charge >= 0.3 is 0 Å². The van der Waals surface area contributed by atoms with E-state index in [9.17, 15) is 9.90 Å². The monoisotopic (exact) mass is 308 g/mol. The van der Waals surface area contributed by atoms with Crippen LogP contribution in [-0.4, -0.2) is 13.1 Å². The van der Waals surface area contributed by atoms with Crippen molar-refractivity contribution in [2.45, 2.75) is 6.61 Å². The van der Waals surface area contributed by atoms with Crippen molar-refractivity contribution < 1.29 is 19.4 Å². The van der Waals surface area contributed by atoms with Gasteiger partial charge in [-0.05, 0) is 29.3 Å². The first kappa shape index (κ1) is 16.1. The molecule has 23 heavy (non-hydrogen) atoms. The lowest BCUT2D eigenvalue weighted by Crippen LogP contribution is -2.23. The lowest BCUT2D eigenvalue weighted by atomic mass is 10.1. The Morgan fingerprint density at radius 1 is 1.22 bits per heavy atom. The first-order valence-corrected chi connectivity index (χ1v) is 6.82. The zero-order valence-corrected chi connectivity index (χ0v) is 12.5. The molecular formula is C18H14NO4-. The van der Waals surface area contributed by atoms with Gasteiger partial charge in [0.2, 0.25) is 0 Å². The van der Waals surface area contributed by atoms with E-state index in [0.29, 0.717) is 23.7 Å². The Morgan fingerprint density at radius 2 is 1.96 bits per heavy atom. The maximum absolute atomic E-state index is 10.8. The third-order valence-corrected chi connectivity index (χ3v) is 3.08. The van der Waals surface area contributed by atoms with Gasteiger partial charge in [-0.1, -0.05) is 36.4 Å². The van der Waals surface area contributed by atoms with Crippen molar-refractivity contribution in [2.75, 3.05) is 7.11 Å². The number of carboxylic acids is 1. The highest BCUT2D eigenvalue weighted by atomic mass is 16.5. The molecule has 0 unspecified atom stereocenters. The molecule has 0 aromatic heterocycles. The van der Waals surface area contributed by atoms with E-state index < -0.39 is 11.5 Å². The van der Waals surface area contributed by atoms with E-state index in [2.05, 4.69) is 0 Å². The molecule has 0 aliphatic carbocycles. The molecule has 0 atom stereocenters. The lowest BCUT2D eigenvalue weighted by molar-refractivity contribution is -0.298. The molecular weight excluding hydrogens is 294 g/mol. The van der Waals surface area contributed by atoms with Gasteiger partial charge in [0.05, 0.1) is 18.7 Å². The second-order valence-electron chi connectivity index (χ2n) is 4.64. The molecule has 116 valence electrons. The van der Waals surface area contributed by atoms with Crippen LogP contribution < -0.4 is 14.6 Å². The van der Waals surface area contributed by atoms with E-state index in [1.807, 2.05) is 30.3 Å². The first-order valence-electron chi connectivity index (χ1n) is 6.82. The molecule has 5 heteroatoms. The molecule has 0 heterocycles. The molecule has 0 amide bonds. The molecule has 2 aromatic carbocycles. The first-order chi connectivity index (χ1) is 11.1. The fraction of sp³-hybridized carbons (Fsp3) is 0.111. The van der Waals surface area contributed by atoms with Crippen molar-refractivity contribution in [3.05, 3.63) is 65.2 Å². The second-order valence-corrected chi connectivity index (χ2v) is 4.64. The summed E-state index contributed by atoms with van der Waals surface area (Å²) in [6, 6.07) is 16.1. The van der Waals surface area contributed by atoms with E-state index in [1.54, 1.807) is 24.3 Å². The number of carbonyl (C=O) groups excluding carboxylic acids is 1. The van der Waals surface area contributed by atoms with Gasteiger partial charge < -0.3 is 19.4 Å². The average molecular weight is 308 g/mol. The predicted octanol–water partition coefficient (Wildman–Crippen LogP) is 1.93. The predicted molar refractivity (Wildman–Crippen MR) is 82.4 cm³/mol. The van der Waals surface area contributed by atoms with Gasteiger partial charge in [0.15, 0.2) is 11.5 Å². The number of rotatable bonds is 6. The summed E-state index contributed by atoms with van der Waals surface area (Å²) >= 11 is 0. The molecule has 0 fully saturated rings. The van der Waals surface area contributed by atoms with Crippen LogP contribution in [-0.2, 0) is 11.4 Å². The van der Waals surface area contributed by atoms with Crippen LogP contribution in [0.5, 0.6) is 11.5 Å². The quantitative estimate of drug-likeness (QED) is 0.601. The van der Waals surface area contributed by atoms with Crippen LogP contribution in [0, 0.1) is 11.3 Å². The van der Waals surface area contributed by atoms with Crippen LogP contribution in [0.3, 0.4) is 0 Å². The zero-order valence-electron chi connectivity index (χ0n) is 12.5. The van der Waals surface area contributed by atoms with Crippen LogP contribution in [0.2, 0.25) is 0 Å². The maximum Gasteiger partial charge on any atom is 0.162 e. The van der Waals surface area contributed by atoms with E-state index in [0.717, 1.165) is 5.56 Å². The Bertz CT molecular complexity index is 760. The molecule has 5 nitrogen and oxygen atoms in total. The van der Waals surface area contributed by atoms with Crippen LogP contribution in [0.1, 0.15) is 11.1 Å². The molecule has 0 N–H and O–H groups in total. The van der Waals surface area contributed by atoms with Crippen LogP contribution in [0.4, 0.5) is 0 Å². The largest absolute Gasteiger partial charge is 0.544 e. The molecule has 2 rings (SSSR count). The molecule has 0 saturated heterocycles. The van der Waals surface area contributed by atoms with Gasteiger partial charge in [0, 0.05) is 0 Å². The van der Waals surface area contributed by atoms with Gasteiger partial charge in [-0.25, -0.2) is 0 Å². The number of ether oxygens (including phenoxy) is 2. The highest BCUT2D eigenvalue weighted by molar-refractivity contribution is 5.95. The lowest BCUT2D eigenvalue weighted by Gasteiger charge is -2.12. The van der Waals surface area contributed by atoms with Crippen molar-refractivity contribution in [3.63, 3.8) is 0 Å². The summed E-state index contributed by atoms with van der Waals surface area (Å²) in [5.74, 6) is -0.541. The summed E-state index contributed by atoms with van der Waals surface area (Å²) in [6.07, 6.45) is 1.23. The van der Waals surface area contributed by atoms with Gasteiger partial charge in [-0.15, -0.1) is 0 Å². The number of methoxy groups -OCH3 is 1. The summed E-state index contributed by atoms with van der Waals surface area (Å²) in [5.41, 5.74) is 1.04. The van der Waals surface area contributed by atoms with Gasteiger partial charge in [0.25, 0.3) is 0 Å². The van der Waals surface area contributed by atoms with E-state index in [-0.39, 0.29) is 0 Å². The second kappa shape index (κ2) is 7.66. The van der Waals surface area contributed by atoms with Crippen molar-refractivity contribution in [2.24, 2.45) is 0 Å². The fourth-order valence-electron chi connectivity index (χ4n) is 1.93. The van der Waals surface area contributed by atoms with Crippen LogP contribution >= 0.6 is 0 Å². The number of hydrogen-bond donors (Lipinski definition) is 0. The van der Waals surface area contributed by atoms with Crippen LogP contribution in [0.25, 0.3) is 6.08 Å². The average Bonchev–Trinajstić information content (AvgIpc) is 2.58. The summed E-state index contributed by atoms with van der Waals surface area (Å²) in [7, 11) is 1.52. The van der Waals surface area contributed by atoms with Crippen molar-refractivity contribution in [3.8, 4) is 17.6 Å². The minimum Gasteiger partial charge on any atom is -0.544 e. The Balaban J connectivity index is 2.25. The van der Waals surface area contributed by atoms with Gasteiger partial charge in [0.1, 0.15) is 12.7 Å². The normalized spacial score (nSPS) is 10.7. The number of hydrogen-bond acceptors (Lipinski definition) is 5. The standard InChI is InChI=1S/C18H15NO4/c1-22-16-8-7-14(9-15(11-19)18(20)21)10-17(16)23-12-13-5-3-2-4-6-13/h2-10H,12H2,1H3,(H,20,21)/p-1/b15-9+. The molecule has 0 saturated carbocycles. The van der Waals surface area contributed by atoms with E-state index >= 15 is 0 Å². The summed E-state index contributed by atoms with van der Waals surface area (Å²) in [6.45, 7) is 0.343. The maximum atomic E-state index is 10.8. The molecule has 0 spiro atoms. The summed E-state index contributed by atoms with van der Waals surface area (Å²) in [4.78, 5) is 10.8. The minimum absolute atomic E-state index is 0.343. The third kappa shape index (κ3) is 4.35. The fourth-order valence-corrected chi connectivity index (χ4v) is 1.93.